The summed E-state index contributed by atoms with van der Waals surface area (Å²) in [6, 6.07) is 7.77. The summed E-state index contributed by atoms with van der Waals surface area (Å²) in [7, 11) is 0. The number of para-hydroxylation sites is 2. The van der Waals surface area contributed by atoms with E-state index in [1.165, 1.54) is 0 Å². The molecule has 1 fully saturated rings. The number of carbonyl (C=O) groups excluding carboxylic acids is 2. The molecule has 1 aromatic carbocycles. The number of benzene rings is 1. The van der Waals surface area contributed by atoms with Gasteiger partial charge in [-0.25, -0.2) is 0 Å². The maximum atomic E-state index is 12.0. The van der Waals surface area contributed by atoms with E-state index in [9.17, 15) is 9.59 Å². The molecule has 1 aliphatic rings. The summed E-state index contributed by atoms with van der Waals surface area (Å²) in [4.78, 5) is 25.5. The van der Waals surface area contributed by atoms with Crippen LogP contribution in [-0.2, 0) is 9.59 Å². The van der Waals surface area contributed by atoms with Gasteiger partial charge in [-0.3, -0.25) is 9.59 Å². The molecule has 1 heterocycles. The molecule has 23 heavy (non-hydrogen) atoms. The second-order valence-corrected chi connectivity index (χ2v) is 6.24. The third kappa shape index (κ3) is 4.96. The van der Waals surface area contributed by atoms with Gasteiger partial charge >= 0.3 is 0 Å². The summed E-state index contributed by atoms with van der Waals surface area (Å²) < 4.78 is 0. The minimum Gasteiger partial charge on any atom is -0.370 e. The highest BCUT2D eigenvalue weighted by Gasteiger charge is 2.24. The van der Waals surface area contributed by atoms with Gasteiger partial charge in [0.05, 0.1) is 11.4 Å². The largest absolute Gasteiger partial charge is 0.370 e. The molecule has 2 rings (SSSR count). The Morgan fingerprint density at radius 2 is 1.96 bits per heavy atom. The van der Waals surface area contributed by atoms with E-state index in [-0.39, 0.29) is 23.8 Å². The smallest absolute Gasteiger partial charge is 0.224 e. The van der Waals surface area contributed by atoms with Gasteiger partial charge in [0.1, 0.15) is 0 Å². The van der Waals surface area contributed by atoms with Gasteiger partial charge in [-0.2, -0.15) is 0 Å². The SMILES string of the molecule is CC(N)CCC(=O)Nc1ccccc1N1CCC(C(N)=O)CC1. The van der Waals surface area contributed by atoms with Crippen LogP contribution in [0.15, 0.2) is 24.3 Å². The van der Waals surface area contributed by atoms with Crippen LogP contribution in [0, 0.1) is 5.92 Å². The fourth-order valence-corrected chi connectivity index (χ4v) is 2.83. The number of primary amides is 1. The van der Waals surface area contributed by atoms with E-state index >= 15 is 0 Å². The third-order valence-electron chi connectivity index (χ3n) is 4.24. The standard InChI is InChI=1S/C17H26N4O2/c1-12(18)6-7-16(22)20-14-4-2-3-5-15(14)21-10-8-13(9-11-21)17(19)23/h2-5,12-13H,6-11,18H2,1H3,(H2,19,23)(H,20,22). The van der Waals surface area contributed by atoms with E-state index in [1.54, 1.807) is 0 Å². The molecule has 0 bridgehead atoms. The third-order valence-corrected chi connectivity index (χ3v) is 4.24. The number of carbonyl (C=O) groups is 2. The molecule has 1 aliphatic heterocycles. The van der Waals surface area contributed by atoms with Crippen molar-refractivity contribution in [3.63, 3.8) is 0 Å². The molecule has 1 unspecified atom stereocenters. The van der Waals surface area contributed by atoms with Crippen LogP contribution in [0.1, 0.15) is 32.6 Å². The average molecular weight is 318 g/mol. The van der Waals surface area contributed by atoms with Crippen molar-refractivity contribution in [2.45, 2.75) is 38.6 Å². The Morgan fingerprint density at radius 3 is 2.57 bits per heavy atom. The molecule has 0 saturated carbocycles. The molecule has 0 aromatic heterocycles. The minimum absolute atomic E-state index is 0.0174. The van der Waals surface area contributed by atoms with Crippen molar-refractivity contribution >= 4 is 23.2 Å². The Kier molecular flexibility index (Phi) is 5.98. The zero-order valence-corrected chi connectivity index (χ0v) is 13.6. The Hall–Kier alpha value is -2.08. The second-order valence-electron chi connectivity index (χ2n) is 6.24. The summed E-state index contributed by atoms with van der Waals surface area (Å²) in [6.07, 6.45) is 2.58. The highest BCUT2D eigenvalue weighted by Crippen LogP contribution is 2.29. The fraction of sp³-hybridized carbons (Fsp3) is 0.529. The average Bonchev–Trinajstić information content (AvgIpc) is 2.53. The Morgan fingerprint density at radius 1 is 1.30 bits per heavy atom. The van der Waals surface area contributed by atoms with Crippen LogP contribution in [0.25, 0.3) is 0 Å². The lowest BCUT2D eigenvalue weighted by atomic mass is 9.96. The lowest BCUT2D eigenvalue weighted by Gasteiger charge is -2.33. The van der Waals surface area contributed by atoms with Gasteiger partial charge in [-0.05, 0) is 38.3 Å². The summed E-state index contributed by atoms with van der Waals surface area (Å²) in [6.45, 7) is 3.42. The molecular weight excluding hydrogens is 292 g/mol. The van der Waals surface area contributed by atoms with Gasteiger partial charge in [0.25, 0.3) is 0 Å². The first-order chi connectivity index (χ1) is 11.0. The number of nitrogens with zero attached hydrogens (tertiary/aromatic N) is 1. The predicted octanol–water partition coefficient (Wildman–Crippen LogP) is 1.45. The van der Waals surface area contributed by atoms with E-state index in [4.69, 9.17) is 11.5 Å². The van der Waals surface area contributed by atoms with Gasteiger partial charge in [0.2, 0.25) is 11.8 Å². The van der Waals surface area contributed by atoms with Crippen LogP contribution in [-0.4, -0.2) is 30.9 Å². The molecule has 6 heteroatoms. The number of piperidine rings is 1. The van der Waals surface area contributed by atoms with Crippen molar-refractivity contribution in [2.24, 2.45) is 17.4 Å². The highest BCUT2D eigenvalue weighted by atomic mass is 16.2. The van der Waals surface area contributed by atoms with Crippen LogP contribution in [0.3, 0.4) is 0 Å². The molecule has 0 aliphatic carbocycles. The number of amides is 2. The fourth-order valence-electron chi connectivity index (χ4n) is 2.83. The molecule has 0 spiro atoms. The number of nitrogens with one attached hydrogen (secondary N) is 1. The summed E-state index contributed by atoms with van der Waals surface area (Å²) >= 11 is 0. The van der Waals surface area contributed by atoms with Crippen molar-refractivity contribution in [1.82, 2.24) is 0 Å². The second kappa shape index (κ2) is 7.97. The van der Waals surface area contributed by atoms with Gasteiger partial charge in [0.15, 0.2) is 0 Å². The predicted molar refractivity (Wildman–Crippen MR) is 92.1 cm³/mol. The van der Waals surface area contributed by atoms with Crippen molar-refractivity contribution in [1.29, 1.82) is 0 Å². The van der Waals surface area contributed by atoms with Gasteiger partial charge in [0, 0.05) is 31.5 Å². The molecule has 1 aromatic rings. The molecule has 6 nitrogen and oxygen atoms in total. The number of hydrogen-bond donors (Lipinski definition) is 3. The molecular formula is C17H26N4O2. The first-order valence-corrected chi connectivity index (χ1v) is 8.16. The molecule has 5 N–H and O–H groups in total. The highest BCUT2D eigenvalue weighted by molar-refractivity contribution is 5.94. The molecule has 2 amide bonds. The number of rotatable bonds is 6. The minimum atomic E-state index is -0.220. The Balaban J connectivity index is 2.00. The van der Waals surface area contributed by atoms with Crippen molar-refractivity contribution in [3.8, 4) is 0 Å². The zero-order valence-electron chi connectivity index (χ0n) is 13.6. The normalized spacial score (nSPS) is 16.9. The quantitative estimate of drug-likeness (QED) is 0.739. The maximum absolute atomic E-state index is 12.0. The van der Waals surface area contributed by atoms with Crippen LogP contribution in [0.2, 0.25) is 0 Å². The molecule has 126 valence electrons. The number of hydrogen-bond acceptors (Lipinski definition) is 4. The van der Waals surface area contributed by atoms with Crippen LogP contribution in [0.4, 0.5) is 11.4 Å². The van der Waals surface area contributed by atoms with Crippen molar-refractivity contribution in [2.75, 3.05) is 23.3 Å². The Labute approximate surface area is 137 Å². The zero-order chi connectivity index (χ0) is 16.8. The van der Waals surface area contributed by atoms with E-state index < -0.39 is 0 Å². The molecule has 1 atom stereocenters. The van der Waals surface area contributed by atoms with Gasteiger partial charge in [-0.1, -0.05) is 12.1 Å². The lowest BCUT2D eigenvalue weighted by Crippen LogP contribution is -2.38. The first kappa shape index (κ1) is 17.3. The lowest BCUT2D eigenvalue weighted by molar-refractivity contribution is -0.122. The van der Waals surface area contributed by atoms with E-state index in [2.05, 4.69) is 10.2 Å². The van der Waals surface area contributed by atoms with Crippen LogP contribution < -0.4 is 21.7 Å². The van der Waals surface area contributed by atoms with Crippen LogP contribution in [0.5, 0.6) is 0 Å². The van der Waals surface area contributed by atoms with Crippen LogP contribution >= 0.6 is 0 Å². The van der Waals surface area contributed by atoms with E-state index in [0.29, 0.717) is 12.8 Å². The van der Waals surface area contributed by atoms with E-state index in [1.807, 2.05) is 31.2 Å². The monoisotopic (exact) mass is 318 g/mol. The summed E-state index contributed by atoms with van der Waals surface area (Å²) in [5.74, 6) is -0.289. The summed E-state index contributed by atoms with van der Waals surface area (Å²) in [5, 5.41) is 2.97. The number of anilines is 2. The number of nitrogens with two attached hydrogens (primary N) is 2. The maximum Gasteiger partial charge on any atom is 0.224 e. The van der Waals surface area contributed by atoms with Crippen molar-refractivity contribution in [3.05, 3.63) is 24.3 Å². The molecule has 0 radical (unpaired) electrons. The Bertz CT molecular complexity index is 551. The van der Waals surface area contributed by atoms with Crippen molar-refractivity contribution < 1.29 is 9.59 Å². The molecule has 1 saturated heterocycles. The van der Waals surface area contributed by atoms with E-state index in [0.717, 1.165) is 37.3 Å². The topological polar surface area (TPSA) is 101 Å². The van der Waals surface area contributed by atoms with Gasteiger partial charge < -0.3 is 21.7 Å². The summed E-state index contributed by atoms with van der Waals surface area (Å²) in [5.41, 5.74) is 12.9. The van der Waals surface area contributed by atoms with Gasteiger partial charge in [-0.15, -0.1) is 0 Å². The first-order valence-electron chi connectivity index (χ1n) is 8.16.